The van der Waals surface area contributed by atoms with Gasteiger partial charge in [-0.15, -0.1) is 0 Å². The van der Waals surface area contributed by atoms with Crippen molar-refractivity contribution in [1.82, 2.24) is 15.8 Å². The maximum atomic E-state index is 12.6. The van der Waals surface area contributed by atoms with Gasteiger partial charge in [-0.1, -0.05) is 47.4 Å². The van der Waals surface area contributed by atoms with Gasteiger partial charge in [0.1, 0.15) is 6.04 Å². The Balaban J connectivity index is 1.90. The molecule has 0 spiro atoms. The minimum atomic E-state index is -0.415. The lowest BCUT2D eigenvalue weighted by Gasteiger charge is -2.23. The lowest BCUT2D eigenvalue weighted by molar-refractivity contribution is -0.134. The molecule has 0 aromatic heterocycles. The molecule has 3 N–H and O–H groups in total. The molecule has 1 saturated heterocycles. The highest BCUT2D eigenvalue weighted by atomic mass is 79.9. The molecule has 1 fully saturated rings. The Hall–Kier alpha value is -1.15. The molecule has 1 aliphatic heterocycles. The van der Waals surface area contributed by atoms with Crippen LogP contribution in [0.4, 0.5) is 5.69 Å². The van der Waals surface area contributed by atoms with Gasteiger partial charge in [-0.25, -0.2) is 5.43 Å². The third kappa shape index (κ3) is 4.69. The van der Waals surface area contributed by atoms with Crippen molar-refractivity contribution in [2.24, 2.45) is 5.92 Å². The minimum absolute atomic E-state index is 0.0322. The molecule has 6 nitrogen and oxygen atoms in total. The fourth-order valence-electron chi connectivity index (χ4n) is 2.58. The number of carbonyl (C=O) groups is 2. The molecule has 1 aromatic carbocycles. The average Bonchev–Trinajstić information content (AvgIpc) is 2.88. The first-order chi connectivity index (χ1) is 11.3. The van der Waals surface area contributed by atoms with E-state index < -0.39 is 6.04 Å². The van der Waals surface area contributed by atoms with E-state index in [2.05, 4.69) is 45.9 Å². The lowest BCUT2D eigenvalue weighted by atomic mass is 9.99. The van der Waals surface area contributed by atoms with Crippen LogP contribution in [-0.4, -0.2) is 47.2 Å². The van der Waals surface area contributed by atoms with Gasteiger partial charge in [0.25, 0.3) is 0 Å². The quantitative estimate of drug-likeness (QED) is 0.641. The summed E-state index contributed by atoms with van der Waals surface area (Å²) in [4.78, 5) is 26.0. The van der Waals surface area contributed by atoms with E-state index in [0.29, 0.717) is 16.6 Å². The van der Waals surface area contributed by atoms with Gasteiger partial charge in [0, 0.05) is 23.8 Å². The van der Waals surface area contributed by atoms with Crippen LogP contribution in [0.1, 0.15) is 13.8 Å². The van der Waals surface area contributed by atoms with E-state index in [1.165, 1.54) is 4.90 Å². The summed E-state index contributed by atoms with van der Waals surface area (Å²) in [5, 5.41) is 3.27. The van der Waals surface area contributed by atoms with Crippen LogP contribution in [0.15, 0.2) is 24.3 Å². The molecule has 1 aliphatic rings. The normalized spacial score (nSPS) is 23.3. The molecule has 0 radical (unpaired) electrons. The van der Waals surface area contributed by atoms with Crippen molar-refractivity contribution in [2.75, 3.05) is 18.9 Å². The number of anilines is 1. The lowest BCUT2D eigenvalue weighted by Crippen LogP contribution is -2.48. The highest BCUT2D eigenvalue weighted by Crippen LogP contribution is 2.22. The molecule has 24 heavy (non-hydrogen) atoms. The van der Waals surface area contributed by atoms with Gasteiger partial charge < -0.3 is 10.2 Å². The number of likely N-dealkylation sites (N-methyl/N-ethyl adjacent to an activating group) is 1. The number of carbonyl (C=O) groups excluding carboxylic acids is 2. The van der Waals surface area contributed by atoms with E-state index in [1.54, 1.807) is 31.3 Å². The van der Waals surface area contributed by atoms with Crippen LogP contribution < -0.4 is 16.2 Å². The Kier molecular flexibility index (Phi) is 6.62. The van der Waals surface area contributed by atoms with Crippen molar-refractivity contribution in [1.29, 1.82) is 0 Å². The Labute approximate surface area is 155 Å². The van der Waals surface area contributed by atoms with Gasteiger partial charge in [-0.05, 0) is 24.1 Å². The summed E-state index contributed by atoms with van der Waals surface area (Å²) in [6.07, 6.45) is 0. The fourth-order valence-corrected chi connectivity index (χ4v) is 3.87. The molecular weight excluding hydrogens is 396 g/mol. The zero-order chi connectivity index (χ0) is 17.9. The van der Waals surface area contributed by atoms with Crippen molar-refractivity contribution in [3.63, 3.8) is 0 Å². The summed E-state index contributed by atoms with van der Waals surface area (Å²) in [6, 6.07) is 6.62. The molecule has 0 saturated carbocycles. The van der Waals surface area contributed by atoms with Gasteiger partial charge in [-0.2, -0.15) is 0 Å². The van der Waals surface area contributed by atoms with Crippen LogP contribution in [0.3, 0.4) is 0 Å². The number of benzene rings is 1. The zero-order valence-electron chi connectivity index (χ0n) is 13.8. The number of rotatable bonds is 5. The number of nitrogens with zero attached hydrogens (tertiary/aromatic N) is 1. The topological polar surface area (TPSA) is 73.5 Å². The first kappa shape index (κ1) is 19.2. The zero-order valence-corrected chi connectivity index (χ0v) is 16.2. The third-order valence-corrected chi connectivity index (χ3v) is 5.25. The molecule has 132 valence electrons. The summed E-state index contributed by atoms with van der Waals surface area (Å²) in [5.41, 5.74) is 6.75. The standard InChI is InChI=1S/C16H22BrClN4O2/c1-9(2)14-13(17)15(21-20-14)16(24)22(3)8-12(23)19-11-6-4-5-10(18)7-11/h4-7,9,13-15,20-21H,8H2,1-3H3,(H,19,23). The summed E-state index contributed by atoms with van der Waals surface area (Å²) in [7, 11) is 1.62. The molecule has 3 unspecified atom stereocenters. The van der Waals surface area contributed by atoms with E-state index in [0.717, 1.165) is 0 Å². The molecule has 0 bridgehead atoms. The SMILES string of the molecule is CC(C)C1NNC(C(=O)N(C)CC(=O)Nc2cccc(Cl)c2)C1Br. The van der Waals surface area contributed by atoms with Crippen molar-refractivity contribution in [3.8, 4) is 0 Å². The van der Waals surface area contributed by atoms with E-state index in [1.807, 2.05) is 0 Å². The highest BCUT2D eigenvalue weighted by molar-refractivity contribution is 9.09. The van der Waals surface area contributed by atoms with Crippen molar-refractivity contribution >= 4 is 45.0 Å². The summed E-state index contributed by atoms with van der Waals surface area (Å²) in [6.45, 7) is 4.14. The van der Waals surface area contributed by atoms with Crippen molar-refractivity contribution in [2.45, 2.75) is 30.8 Å². The largest absolute Gasteiger partial charge is 0.335 e. The van der Waals surface area contributed by atoms with Gasteiger partial charge in [-0.3, -0.25) is 15.0 Å². The monoisotopic (exact) mass is 416 g/mol. The minimum Gasteiger partial charge on any atom is -0.335 e. The van der Waals surface area contributed by atoms with Crippen LogP contribution in [0.2, 0.25) is 5.02 Å². The molecule has 8 heteroatoms. The third-order valence-electron chi connectivity index (χ3n) is 3.92. The highest BCUT2D eigenvalue weighted by Gasteiger charge is 2.41. The molecule has 1 aromatic rings. The number of hydrazine groups is 1. The van der Waals surface area contributed by atoms with E-state index in [9.17, 15) is 9.59 Å². The van der Waals surface area contributed by atoms with Gasteiger partial charge >= 0.3 is 0 Å². The van der Waals surface area contributed by atoms with Gasteiger partial charge in [0.2, 0.25) is 11.8 Å². The first-order valence-corrected chi connectivity index (χ1v) is 9.04. The smallest absolute Gasteiger partial charge is 0.243 e. The number of amides is 2. The number of hydrogen-bond donors (Lipinski definition) is 3. The number of hydrogen-bond acceptors (Lipinski definition) is 4. The maximum Gasteiger partial charge on any atom is 0.243 e. The van der Waals surface area contributed by atoms with Crippen LogP contribution in [-0.2, 0) is 9.59 Å². The maximum absolute atomic E-state index is 12.6. The number of nitrogens with one attached hydrogen (secondary N) is 3. The first-order valence-electron chi connectivity index (χ1n) is 7.75. The van der Waals surface area contributed by atoms with Crippen LogP contribution >= 0.6 is 27.5 Å². The van der Waals surface area contributed by atoms with Gasteiger partial charge in [0.05, 0.1) is 11.4 Å². The van der Waals surface area contributed by atoms with E-state index >= 15 is 0 Å². The van der Waals surface area contributed by atoms with Crippen LogP contribution in [0.25, 0.3) is 0 Å². The van der Waals surface area contributed by atoms with Crippen molar-refractivity contribution < 1.29 is 9.59 Å². The van der Waals surface area contributed by atoms with E-state index in [4.69, 9.17) is 11.6 Å². The Bertz CT molecular complexity index is 613. The van der Waals surface area contributed by atoms with Crippen LogP contribution in [0.5, 0.6) is 0 Å². The second-order valence-electron chi connectivity index (χ2n) is 6.23. The molecule has 2 amide bonds. The number of halogens is 2. The molecule has 0 aliphatic carbocycles. The summed E-state index contributed by atoms with van der Waals surface area (Å²) in [5.74, 6) is -0.0458. The fraction of sp³-hybridized carbons (Fsp3) is 0.500. The second kappa shape index (κ2) is 8.29. The predicted octanol–water partition coefficient (Wildman–Crippen LogP) is 2.00. The molecular formula is C16H22BrClN4O2. The molecule has 3 atom stereocenters. The summed E-state index contributed by atoms with van der Waals surface area (Å²) < 4.78 is 0. The Morgan fingerprint density at radius 1 is 1.38 bits per heavy atom. The van der Waals surface area contributed by atoms with Crippen LogP contribution in [0, 0.1) is 5.92 Å². The average molecular weight is 418 g/mol. The number of alkyl halides is 1. The van der Waals surface area contributed by atoms with E-state index in [-0.39, 0.29) is 29.2 Å². The Morgan fingerprint density at radius 3 is 2.67 bits per heavy atom. The second-order valence-corrected chi connectivity index (χ2v) is 7.73. The molecule has 1 heterocycles. The van der Waals surface area contributed by atoms with Gasteiger partial charge in [0.15, 0.2) is 0 Å². The Morgan fingerprint density at radius 2 is 2.08 bits per heavy atom. The summed E-state index contributed by atoms with van der Waals surface area (Å²) >= 11 is 9.47. The van der Waals surface area contributed by atoms with Crippen molar-refractivity contribution in [3.05, 3.63) is 29.3 Å². The predicted molar refractivity (Wildman–Crippen MR) is 99.1 cm³/mol. The molecule has 2 rings (SSSR count).